The van der Waals surface area contributed by atoms with Gasteiger partial charge in [-0.1, -0.05) is 49.4 Å². The number of carbonyl (C=O) groups is 3. The van der Waals surface area contributed by atoms with Crippen LogP contribution in [0, 0.1) is 0 Å². The van der Waals surface area contributed by atoms with E-state index < -0.39 is 31.7 Å². The van der Waals surface area contributed by atoms with Crippen LogP contribution in [0.3, 0.4) is 0 Å². The molecule has 0 unspecified atom stereocenters. The second-order valence-electron chi connectivity index (χ2n) is 13.2. The number of rotatable bonds is 13. The second-order valence-corrected chi connectivity index (χ2v) is 19.5. The Kier molecular flexibility index (Phi) is 13.3. The molecule has 0 atom stereocenters. The minimum absolute atomic E-state index is 0.00459. The zero-order chi connectivity index (χ0) is 37.6. The molecule has 3 rings (SSSR count). The minimum Gasteiger partial charge on any atom is -0.495 e. The van der Waals surface area contributed by atoms with Crippen LogP contribution < -0.4 is 29.5 Å². The number of hydrogen-bond donors (Lipinski definition) is 1. The third-order valence-corrected chi connectivity index (χ3v) is 9.24. The van der Waals surface area contributed by atoms with Crippen molar-refractivity contribution >= 4 is 78.1 Å². The van der Waals surface area contributed by atoms with E-state index >= 15 is 0 Å². The Bertz CT molecular complexity index is 1700. The lowest BCUT2D eigenvalue weighted by atomic mass is 10.2. The fourth-order valence-electron chi connectivity index (χ4n) is 4.29. The van der Waals surface area contributed by atoms with Gasteiger partial charge in [0, 0.05) is 40.9 Å². The monoisotopic (exact) mass is 750 g/mol. The summed E-state index contributed by atoms with van der Waals surface area (Å²) in [7, 11) is 4.47. The van der Waals surface area contributed by atoms with E-state index in [-0.39, 0.29) is 57.1 Å². The first-order valence-corrected chi connectivity index (χ1v) is 19.8. The largest absolute Gasteiger partial charge is 0.495 e. The van der Waals surface area contributed by atoms with Crippen molar-refractivity contribution in [1.29, 1.82) is 0 Å². The predicted octanol–water partition coefficient (Wildman–Crippen LogP) is 7.11. The summed E-state index contributed by atoms with van der Waals surface area (Å²) in [6.07, 6.45) is 2.89. The quantitative estimate of drug-likeness (QED) is 0.0828. The zero-order valence-electron chi connectivity index (χ0n) is 30.0. The van der Waals surface area contributed by atoms with Gasteiger partial charge >= 0.3 is 12.1 Å². The van der Waals surface area contributed by atoms with Gasteiger partial charge < -0.3 is 24.3 Å². The maximum absolute atomic E-state index is 14.4. The molecule has 4 amide bonds. The van der Waals surface area contributed by atoms with Gasteiger partial charge in [0.25, 0.3) is 0 Å². The molecule has 0 bridgehead atoms. The van der Waals surface area contributed by atoms with E-state index in [9.17, 15) is 14.4 Å². The maximum Gasteiger partial charge on any atom is 0.422 e. The molecule has 0 aliphatic heterocycles. The number of hydrogen-bond acceptors (Lipinski definition) is 10. The molecule has 0 spiro atoms. The summed E-state index contributed by atoms with van der Waals surface area (Å²) in [5.74, 6) is -0.0510. The highest BCUT2D eigenvalue weighted by atomic mass is 35.5. The van der Waals surface area contributed by atoms with Crippen molar-refractivity contribution in [2.24, 2.45) is 7.05 Å². The summed E-state index contributed by atoms with van der Waals surface area (Å²) in [5.41, 5.74) is -0.648. The number of halogens is 2. The molecular formula is C32H44Cl2N8O7Si. The third-order valence-electron chi connectivity index (χ3n) is 6.81. The Hall–Kier alpha value is -4.38. The Morgan fingerprint density at radius 3 is 2.18 bits per heavy atom. The number of carbonyl (C=O) groups excluding carboxylic acids is 3. The zero-order valence-corrected chi connectivity index (χ0v) is 32.5. The van der Waals surface area contributed by atoms with Gasteiger partial charge in [-0.05, 0) is 32.9 Å². The molecule has 15 nitrogen and oxygen atoms in total. The van der Waals surface area contributed by atoms with Gasteiger partial charge in [0.2, 0.25) is 5.91 Å². The van der Waals surface area contributed by atoms with Crippen LogP contribution in [-0.4, -0.2) is 86.1 Å². The number of amides is 4. The number of methoxy groups -OCH3 is 2. The summed E-state index contributed by atoms with van der Waals surface area (Å²) in [6, 6.07) is 3.08. The van der Waals surface area contributed by atoms with Crippen molar-refractivity contribution in [2.45, 2.75) is 52.1 Å². The normalized spacial score (nSPS) is 11.4. The Balaban J connectivity index is 2.14. The van der Waals surface area contributed by atoms with Gasteiger partial charge in [0.15, 0.2) is 5.82 Å². The SMILES string of the molecule is C=CC(=O)Nc1cn(C)nc1N(C(=O)OC(C)(C)C)c1cc(N(C)C(=O)N(COCC[Si](C)(C)C)c2c(Cl)c(OC)cc(OC)c2Cl)ncn1. The number of nitrogens with one attached hydrogen (secondary N) is 1. The molecular weight excluding hydrogens is 707 g/mol. The highest BCUT2D eigenvalue weighted by Crippen LogP contribution is 2.46. The van der Waals surface area contributed by atoms with Crippen LogP contribution in [0.5, 0.6) is 11.5 Å². The van der Waals surface area contributed by atoms with E-state index in [0.717, 1.165) is 17.0 Å². The molecule has 0 radical (unpaired) electrons. The number of aromatic nitrogens is 4. The van der Waals surface area contributed by atoms with Crippen molar-refractivity contribution in [3.05, 3.63) is 47.4 Å². The molecule has 18 heteroatoms. The number of ether oxygens (including phenoxy) is 4. The Morgan fingerprint density at radius 2 is 1.64 bits per heavy atom. The molecule has 0 saturated carbocycles. The molecule has 0 aliphatic rings. The topological polar surface area (TPSA) is 153 Å². The van der Waals surface area contributed by atoms with Crippen molar-refractivity contribution < 1.29 is 33.3 Å². The van der Waals surface area contributed by atoms with E-state index in [1.807, 2.05) is 0 Å². The summed E-state index contributed by atoms with van der Waals surface area (Å²) in [6.45, 7) is 15.4. The molecule has 1 N–H and O–H groups in total. The van der Waals surface area contributed by atoms with Crippen molar-refractivity contribution in [3.63, 3.8) is 0 Å². The van der Waals surface area contributed by atoms with Gasteiger partial charge in [-0.3, -0.25) is 19.3 Å². The lowest BCUT2D eigenvalue weighted by Crippen LogP contribution is -2.44. The van der Waals surface area contributed by atoms with Gasteiger partial charge in [-0.25, -0.2) is 24.5 Å². The van der Waals surface area contributed by atoms with Crippen molar-refractivity contribution in [1.82, 2.24) is 19.7 Å². The minimum atomic E-state index is -1.47. The molecule has 50 heavy (non-hydrogen) atoms. The fourth-order valence-corrected chi connectivity index (χ4v) is 5.75. The van der Waals surface area contributed by atoms with E-state index in [0.29, 0.717) is 6.61 Å². The number of anilines is 5. The first-order chi connectivity index (χ1) is 23.3. The fraction of sp³-hybridized carbons (Fsp3) is 0.438. The highest BCUT2D eigenvalue weighted by molar-refractivity contribution is 6.76. The molecule has 0 fully saturated rings. The van der Waals surface area contributed by atoms with Gasteiger partial charge in [0.05, 0.1) is 26.1 Å². The number of nitrogens with zero attached hydrogens (tertiary/aromatic N) is 7. The summed E-state index contributed by atoms with van der Waals surface area (Å²) < 4.78 is 24.0. The van der Waals surface area contributed by atoms with E-state index in [4.69, 9.17) is 42.1 Å². The smallest absolute Gasteiger partial charge is 0.422 e. The van der Waals surface area contributed by atoms with Crippen LogP contribution in [0.4, 0.5) is 38.4 Å². The first kappa shape index (κ1) is 40.0. The van der Waals surface area contributed by atoms with Crippen LogP contribution in [0.2, 0.25) is 35.7 Å². The van der Waals surface area contributed by atoms with Gasteiger partial charge in [-0.15, -0.1) is 0 Å². The van der Waals surface area contributed by atoms with Crippen molar-refractivity contribution in [2.75, 3.05) is 54.6 Å². The van der Waals surface area contributed by atoms with Crippen LogP contribution in [-0.2, 0) is 21.3 Å². The predicted molar refractivity (Wildman–Crippen MR) is 197 cm³/mol. The average Bonchev–Trinajstić information content (AvgIpc) is 3.38. The van der Waals surface area contributed by atoms with E-state index in [2.05, 4.69) is 46.6 Å². The molecule has 0 aliphatic carbocycles. The molecule has 2 aromatic heterocycles. The van der Waals surface area contributed by atoms with Crippen LogP contribution in [0.15, 0.2) is 37.3 Å². The van der Waals surface area contributed by atoms with Crippen LogP contribution in [0.25, 0.3) is 0 Å². The summed E-state index contributed by atoms with van der Waals surface area (Å²) in [5, 5.41) is 7.14. The average molecular weight is 752 g/mol. The Morgan fingerprint density at radius 1 is 1.04 bits per heavy atom. The van der Waals surface area contributed by atoms with Gasteiger partial charge in [-0.2, -0.15) is 5.10 Å². The number of urea groups is 1. The van der Waals surface area contributed by atoms with E-state index in [1.54, 1.807) is 27.8 Å². The Labute approximate surface area is 303 Å². The second kappa shape index (κ2) is 16.5. The lowest BCUT2D eigenvalue weighted by Gasteiger charge is -2.30. The summed E-state index contributed by atoms with van der Waals surface area (Å²) in [4.78, 5) is 52.4. The lowest BCUT2D eigenvalue weighted by molar-refractivity contribution is -0.111. The summed E-state index contributed by atoms with van der Waals surface area (Å²) >= 11 is 13.5. The molecule has 2 heterocycles. The van der Waals surface area contributed by atoms with E-state index in [1.165, 1.54) is 60.4 Å². The number of benzene rings is 1. The first-order valence-electron chi connectivity index (χ1n) is 15.4. The molecule has 272 valence electrons. The van der Waals surface area contributed by atoms with Crippen molar-refractivity contribution in [3.8, 4) is 11.5 Å². The standard InChI is InChI=1S/C32H44Cl2N8O7Si/c1-12-25(43)37-20-17-39(5)38-29(20)42(31(45)49-32(2,3)4)24-16-23(35-18-36-24)40(6)30(44)41(19-48-13-14-50(9,10)11)28-26(33)21(46-7)15-22(47-8)27(28)34/h12,15-18H,1,13-14,19H2,2-11H3,(H,37,43). The third kappa shape index (κ3) is 10.1. The number of aryl methyl sites for hydroxylation is 1. The molecule has 3 aromatic rings. The van der Waals surface area contributed by atoms with Gasteiger partial charge in [0.1, 0.15) is 57.5 Å². The maximum atomic E-state index is 14.4. The molecule has 1 aromatic carbocycles. The highest BCUT2D eigenvalue weighted by Gasteiger charge is 2.33. The van der Waals surface area contributed by atoms with Crippen LogP contribution in [0.1, 0.15) is 20.8 Å². The van der Waals surface area contributed by atoms with Crippen LogP contribution >= 0.6 is 23.2 Å². The molecule has 0 saturated heterocycles.